The third-order valence-corrected chi connectivity index (χ3v) is 5.25. The predicted molar refractivity (Wildman–Crippen MR) is 115 cm³/mol. The maximum atomic E-state index is 11.8. The second kappa shape index (κ2) is 8.13. The van der Waals surface area contributed by atoms with E-state index in [2.05, 4.69) is 28.0 Å². The minimum Gasteiger partial charge on any atom is -0.366 e. The van der Waals surface area contributed by atoms with Gasteiger partial charge >= 0.3 is 0 Å². The molecule has 31 heavy (non-hydrogen) atoms. The third kappa shape index (κ3) is 3.72. The predicted octanol–water partition coefficient (Wildman–Crippen LogP) is 2.10. The van der Waals surface area contributed by atoms with Crippen LogP contribution in [0.25, 0.3) is 16.9 Å². The second-order valence-corrected chi connectivity index (χ2v) is 7.22. The van der Waals surface area contributed by atoms with Crippen LogP contribution in [0.4, 0.5) is 5.82 Å². The number of amides is 1. The zero-order chi connectivity index (χ0) is 21.2. The molecule has 156 valence electrons. The molecule has 2 aromatic carbocycles. The van der Waals surface area contributed by atoms with Crippen molar-refractivity contribution in [1.82, 2.24) is 25.2 Å². The van der Waals surface area contributed by atoms with Crippen LogP contribution in [-0.4, -0.2) is 32.3 Å². The van der Waals surface area contributed by atoms with Crippen LogP contribution in [0.15, 0.2) is 54.7 Å². The Morgan fingerprint density at radius 3 is 2.87 bits per heavy atom. The van der Waals surface area contributed by atoms with E-state index in [-0.39, 0.29) is 0 Å². The Morgan fingerprint density at radius 1 is 1.16 bits per heavy atom. The lowest BCUT2D eigenvalue weighted by atomic mass is 10.1. The summed E-state index contributed by atoms with van der Waals surface area (Å²) in [6.07, 6.45) is 2.30. The Labute approximate surface area is 178 Å². The third-order valence-electron chi connectivity index (χ3n) is 5.25. The van der Waals surface area contributed by atoms with Gasteiger partial charge in [-0.2, -0.15) is 20.2 Å². The number of anilines is 1. The summed E-state index contributed by atoms with van der Waals surface area (Å²) in [5.41, 5.74) is 12.6. The van der Waals surface area contributed by atoms with Gasteiger partial charge in [0.2, 0.25) is 5.91 Å². The molecule has 4 N–H and O–H groups in total. The number of hydrogen-bond donors (Lipinski definition) is 3. The Kier molecular flexibility index (Phi) is 5.03. The molecule has 0 aliphatic carbocycles. The Morgan fingerprint density at radius 2 is 2.03 bits per heavy atom. The zero-order valence-electron chi connectivity index (χ0n) is 16.7. The Balaban J connectivity index is 1.59. The minimum absolute atomic E-state index is 0.412. The normalized spacial score (nSPS) is 13.5. The molecular formula is C22H21N7O2. The number of primary amides is 1. The maximum absolute atomic E-state index is 11.8. The number of benzene rings is 2. The molecule has 1 amide bonds. The van der Waals surface area contributed by atoms with Crippen molar-refractivity contribution in [2.24, 2.45) is 5.73 Å². The maximum Gasteiger partial charge on any atom is 0.253 e. The summed E-state index contributed by atoms with van der Waals surface area (Å²) in [5, 5.41) is 8.55. The lowest BCUT2D eigenvalue weighted by Gasteiger charge is -2.15. The van der Waals surface area contributed by atoms with Crippen LogP contribution in [0.2, 0.25) is 0 Å². The van der Waals surface area contributed by atoms with Gasteiger partial charge in [-0.1, -0.05) is 36.4 Å². The van der Waals surface area contributed by atoms with E-state index in [0.717, 1.165) is 22.6 Å². The monoisotopic (exact) mass is 415 g/mol. The first-order chi connectivity index (χ1) is 15.2. The van der Waals surface area contributed by atoms with Crippen molar-refractivity contribution >= 4 is 22.6 Å². The van der Waals surface area contributed by atoms with Crippen molar-refractivity contribution in [2.45, 2.75) is 19.5 Å². The highest BCUT2D eigenvalue weighted by molar-refractivity contribution is 6.05. The summed E-state index contributed by atoms with van der Waals surface area (Å²) in [7, 11) is 0. The molecule has 1 aliphatic heterocycles. The summed E-state index contributed by atoms with van der Waals surface area (Å²) in [6.45, 7) is 1.61. The van der Waals surface area contributed by atoms with Crippen LogP contribution in [0.5, 0.6) is 0 Å². The minimum atomic E-state index is -0.500. The first kappa shape index (κ1) is 19.2. The van der Waals surface area contributed by atoms with E-state index in [4.69, 9.17) is 20.5 Å². The van der Waals surface area contributed by atoms with Crippen LogP contribution >= 0.6 is 0 Å². The highest BCUT2D eigenvalue weighted by Crippen LogP contribution is 2.25. The molecule has 4 aromatic rings. The summed E-state index contributed by atoms with van der Waals surface area (Å²) >= 11 is 0. The fourth-order valence-electron chi connectivity index (χ4n) is 3.72. The molecule has 9 nitrogen and oxygen atoms in total. The van der Waals surface area contributed by atoms with Crippen LogP contribution in [-0.2, 0) is 24.3 Å². The van der Waals surface area contributed by atoms with Crippen molar-refractivity contribution in [2.75, 3.05) is 11.9 Å². The number of hydroxylamine groups is 1. The van der Waals surface area contributed by atoms with E-state index in [1.807, 2.05) is 24.3 Å². The van der Waals surface area contributed by atoms with Crippen molar-refractivity contribution in [3.05, 3.63) is 77.1 Å². The summed E-state index contributed by atoms with van der Waals surface area (Å²) < 4.78 is 1.63. The van der Waals surface area contributed by atoms with Gasteiger partial charge in [0.1, 0.15) is 5.82 Å². The van der Waals surface area contributed by atoms with E-state index in [1.165, 1.54) is 0 Å². The van der Waals surface area contributed by atoms with E-state index in [1.54, 1.807) is 23.0 Å². The standard InChI is InChI=1S/C22H21N7O2/c23-20(30)15-7-4-8-19-17(15)12-25-29(19)22-27-18-13-26-31-10-9-16(18)21(28-22)24-11-14-5-2-1-3-6-14/h1-8,12,26H,9-11,13H2,(H2,23,30)(H,24,27,28). The number of nitrogens with two attached hydrogens (primary N) is 1. The number of aromatic nitrogens is 4. The number of nitrogens with one attached hydrogen (secondary N) is 2. The molecule has 0 radical (unpaired) electrons. The van der Waals surface area contributed by atoms with Gasteiger partial charge in [0.05, 0.1) is 36.1 Å². The summed E-state index contributed by atoms with van der Waals surface area (Å²) in [6, 6.07) is 15.4. The number of carbonyl (C=O) groups is 1. The molecule has 0 bridgehead atoms. The van der Waals surface area contributed by atoms with Gasteiger partial charge in [0, 0.05) is 23.9 Å². The van der Waals surface area contributed by atoms with Crippen LogP contribution in [0.3, 0.4) is 0 Å². The van der Waals surface area contributed by atoms with Crippen molar-refractivity contribution in [3.63, 3.8) is 0 Å². The van der Waals surface area contributed by atoms with Gasteiger partial charge in [0.15, 0.2) is 0 Å². The fourth-order valence-corrected chi connectivity index (χ4v) is 3.72. The van der Waals surface area contributed by atoms with Gasteiger partial charge in [-0.3, -0.25) is 4.79 Å². The van der Waals surface area contributed by atoms with Crippen molar-refractivity contribution < 1.29 is 9.63 Å². The average Bonchev–Trinajstić information content (AvgIpc) is 3.08. The molecule has 3 heterocycles. The first-order valence-electron chi connectivity index (χ1n) is 10.00. The van der Waals surface area contributed by atoms with Crippen LogP contribution in [0, 0.1) is 0 Å². The van der Waals surface area contributed by atoms with Crippen molar-refractivity contribution in [1.29, 1.82) is 0 Å². The number of fused-ring (bicyclic) bond motifs is 2. The molecule has 5 rings (SSSR count). The molecule has 0 unspecified atom stereocenters. The number of nitrogens with zero attached hydrogens (tertiary/aromatic N) is 4. The quantitative estimate of drug-likeness (QED) is 0.457. The Hall–Kier alpha value is -3.82. The smallest absolute Gasteiger partial charge is 0.253 e. The highest BCUT2D eigenvalue weighted by atomic mass is 16.6. The number of carbonyl (C=O) groups excluding carboxylic acids is 1. The first-order valence-corrected chi connectivity index (χ1v) is 10.00. The van der Waals surface area contributed by atoms with Crippen LogP contribution < -0.4 is 16.5 Å². The lowest BCUT2D eigenvalue weighted by molar-refractivity contribution is 0.0440. The molecule has 0 fully saturated rings. The number of rotatable bonds is 5. The second-order valence-electron chi connectivity index (χ2n) is 7.22. The van der Waals surface area contributed by atoms with Crippen molar-refractivity contribution in [3.8, 4) is 5.95 Å². The van der Waals surface area contributed by atoms with Gasteiger partial charge < -0.3 is 15.9 Å². The summed E-state index contributed by atoms with van der Waals surface area (Å²) in [5.74, 6) is 0.653. The van der Waals surface area contributed by atoms with E-state index in [0.29, 0.717) is 48.5 Å². The van der Waals surface area contributed by atoms with Gasteiger partial charge in [-0.15, -0.1) is 0 Å². The largest absolute Gasteiger partial charge is 0.366 e. The highest BCUT2D eigenvalue weighted by Gasteiger charge is 2.20. The molecule has 0 saturated carbocycles. The lowest BCUT2D eigenvalue weighted by Crippen LogP contribution is -2.16. The molecular weight excluding hydrogens is 394 g/mol. The number of hydrogen-bond acceptors (Lipinski definition) is 7. The zero-order valence-corrected chi connectivity index (χ0v) is 16.7. The average molecular weight is 415 g/mol. The van der Waals surface area contributed by atoms with E-state index >= 15 is 0 Å². The van der Waals surface area contributed by atoms with Gasteiger partial charge in [-0.05, 0) is 17.7 Å². The molecule has 1 aliphatic rings. The SMILES string of the molecule is NC(=O)c1cccc2c1cnn2-c1nc2c(c(NCc3ccccc3)n1)CCONC2. The van der Waals surface area contributed by atoms with E-state index in [9.17, 15) is 4.79 Å². The molecule has 0 atom stereocenters. The molecule has 2 aromatic heterocycles. The molecule has 0 spiro atoms. The molecule has 0 saturated heterocycles. The fraction of sp³-hybridized carbons (Fsp3) is 0.182. The van der Waals surface area contributed by atoms with Gasteiger partial charge in [-0.25, -0.2) is 4.98 Å². The molecule has 9 heteroatoms. The summed E-state index contributed by atoms with van der Waals surface area (Å²) in [4.78, 5) is 26.7. The van der Waals surface area contributed by atoms with Gasteiger partial charge in [0.25, 0.3) is 5.95 Å². The van der Waals surface area contributed by atoms with E-state index < -0.39 is 5.91 Å². The Bertz CT molecular complexity index is 1250. The van der Waals surface area contributed by atoms with Crippen LogP contribution in [0.1, 0.15) is 27.2 Å². The topological polar surface area (TPSA) is 120 Å².